The zero-order valence-corrected chi connectivity index (χ0v) is 12.9. The van der Waals surface area contributed by atoms with E-state index < -0.39 is 0 Å². The molecule has 96 valence electrons. The summed E-state index contributed by atoms with van der Waals surface area (Å²) in [5.74, 6) is 0.00805. The van der Waals surface area contributed by atoms with Gasteiger partial charge in [-0.3, -0.25) is 4.79 Å². The molecule has 0 spiro atoms. The van der Waals surface area contributed by atoms with Crippen LogP contribution in [0.3, 0.4) is 0 Å². The molecule has 0 aliphatic heterocycles. The van der Waals surface area contributed by atoms with Crippen molar-refractivity contribution in [3.05, 3.63) is 0 Å². The maximum Gasteiger partial charge on any atom is 0.224 e. The van der Waals surface area contributed by atoms with E-state index in [2.05, 4.69) is 18.4 Å². The Bertz CT molecular complexity index is 202. The molecule has 0 aromatic rings. The van der Waals surface area contributed by atoms with Gasteiger partial charge in [0.2, 0.25) is 5.91 Å². The van der Waals surface area contributed by atoms with Gasteiger partial charge in [0.15, 0.2) is 0 Å². The summed E-state index contributed by atoms with van der Waals surface area (Å²) in [7, 11) is 8.24. The van der Waals surface area contributed by atoms with E-state index in [-0.39, 0.29) is 33.2 Å². The lowest BCUT2D eigenvalue weighted by molar-refractivity contribution is -0.130. The van der Waals surface area contributed by atoms with Crippen LogP contribution < -0.4 is 0 Å². The fourth-order valence-electron chi connectivity index (χ4n) is 1.11. The van der Waals surface area contributed by atoms with Gasteiger partial charge >= 0.3 is 0 Å². The third-order valence-electron chi connectivity index (χ3n) is 2.06. The molecular formula is C8H20NO4P3. The van der Waals surface area contributed by atoms with Crippen molar-refractivity contribution in [1.29, 1.82) is 0 Å². The van der Waals surface area contributed by atoms with Crippen LogP contribution in [0.4, 0.5) is 0 Å². The van der Waals surface area contributed by atoms with E-state index in [1.54, 1.807) is 14.1 Å². The first-order valence-corrected chi connectivity index (χ1v) is 8.01. The van der Waals surface area contributed by atoms with Gasteiger partial charge in [0, 0.05) is 38.5 Å². The Hall–Kier alpha value is 0.640. The number of nitrogens with zero attached hydrogens (tertiary/aromatic N) is 1. The first-order valence-electron chi connectivity index (χ1n) is 4.82. The predicted molar refractivity (Wildman–Crippen MR) is 72.5 cm³/mol. The van der Waals surface area contributed by atoms with Gasteiger partial charge in [0.1, 0.15) is 0 Å². The lowest BCUT2D eigenvalue weighted by atomic mass is 10.1. The minimum atomic E-state index is -0.314. The van der Waals surface area contributed by atoms with Crippen LogP contribution in [-0.4, -0.2) is 48.8 Å². The lowest BCUT2D eigenvalue weighted by Gasteiger charge is -2.22. The van der Waals surface area contributed by atoms with Crippen LogP contribution in [0.1, 0.15) is 12.8 Å². The largest absolute Gasteiger partial charge is 0.394 e. The maximum atomic E-state index is 11.5. The van der Waals surface area contributed by atoms with Crippen LogP contribution in [0.15, 0.2) is 0 Å². The van der Waals surface area contributed by atoms with Crippen molar-refractivity contribution in [2.45, 2.75) is 25.0 Å². The fourth-order valence-corrected chi connectivity index (χ4v) is 2.26. The normalized spacial score (nSPS) is 15.3. The summed E-state index contributed by atoms with van der Waals surface area (Å²) in [6.07, 6.45) is 0.273. The van der Waals surface area contributed by atoms with Crippen LogP contribution in [0.25, 0.3) is 0 Å². The van der Waals surface area contributed by atoms with E-state index in [0.29, 0.717) is 12.8 Å². The van der Waals surface area contributed by atoms with Crippen LogP contribution in [0, 0.1) is 0 Å². The molecule has 8 heteroatoms. The summed E-state index contributed by atoms with van der Waals surface area (Å²) in [5.41, 5.74) is 0. The molecule has 0 aromatic carbocycles. The zero-order chi connectivity index (χ0) is 12.6. The molecule has 5 atom stereocenters. The predicted octanol–water partition coefficient (Wildman–Crippen LogP) is 0.791. The number of aliphatic hydroxyl groups excluding tert-OH is 1. The minimum absolute atomic E-state index is 0.00805. The molecule has 1 amide bonds. The highest BCUT2D eigenvalue weighted by molar-refractivity contribution is 8.00. The monoisotopic (exact) mass is 287 g/mol. The highest BCUT2D eigenvalue weighted by atomic mass is 32.0. The summed E-state index contributed by atoms with van der Waals surface area (Å²) >= 11 is 0. The van der Waals surface area contributed by atoms with Crippen LogP contribution in [0.2, 0.25) is 0 Å². The molecule has 0 saturated carbocycles. The average Bonchev–Trinajstić information content (AvgIpc) is 2.25. The van der Waals surface area contributed by atoms with Crippen molar-refractivity contribution in [2.75, 3.05) is 20.7 Å². The molecule has 1 N–H and O–H groups in total. The SMILES string of the molecule is CN(C)C(=O)C[C@@H](C[C@@H](CO)OP)OPP. The first kappa shape index (κ1) is 16.6. The number of rotatable bonds is 8. The summed E-state index contributed by atoms with van der Waals surface area (Å²) in [5, 5.41) is 8.99. The highest BCUT2D eigenvalue weighted by Crippen LogP contribution is 2.27. The van der Waals surface area contributed by atoms with Crippen LogP contribution in [-0.2, 0) is 13.8 Å². The van der Waals surface area contributed by atoms with Gasteiger partial charge < -0.3 is 19.1 Å². The molecule has 0 heterocycles. The molecule has 0 aromatic heterocycles. The Balaban J connectivity index is 4.20. The van der Waals surface area contributed by atoms with Gasteiger partial charge in [-0.05, 0) is 0 Å². The quantitative estimate of drug-likeness (QED) is 0.671. The van der Waals surface area contributed by atoms with E-state index in [1.165, 1.54) is 4.90 Å². The van der Waals surface area contributed by atoms with Gasteiger partial charge in [-0.15, -0.1) is 0 Å². The molecule has 0 aliphatic carbocycles. The zero-order valence-electron chi connectivity index (χ0n) is 9.55. The molecule has 0 radical (unpaired) electrons. The molecule has 0 saturated heterocycles. The number of hydrogen-bond donors (Lipinski definition) is 1. The second kappa shape index (κ2) is 9.65. The second-order valence-electron chi connectivity index (χ2n) is 3.53. The Morgan fingerprint density at radius 3 is 2.50 bits per heavy atom. The standard InChI is InChI=1S/C8H20NO4P3/c1-9(2)8(11)4-6(13-16-15)3-7(5-10)12-14/h6-7,10,16H,3-5,14-15H2,1-2H3/t6-,7+/m1/s1. The van der Waals surface area contributed by atoms with Crippen LogP contribution >= 0.6 is 26.9 Å². The number of carbonyl (C=O) groups excluding carboxylic acids is 1. The fraction of sp³-hybridized carbons (Fsp3) is 0.875. The Labute approximate surface area is 103 Å². The Morgan fingerprint density at radius 1 is 1.50 bits per heavy atom. The molecule has 16 heavy (non-hydrogen) atoms. The van der Waals surface area contributed by atoms with Crippen molar-refractivity contribution >= 4 is 32.8 Å². The first-order chi connectivity index (χ1) is 7.54. The van der Waals surface area contributed by atoms with Crippen molar-refractivity contribution in [3.63, 3.8) is 0 Å². The van der Waals surface area contributed by atoms with E-state index in [4.69, 9.17) is 14.2 Å². The molecular weight excluding hydrogens is 267 g/mol. The van der Waals surface area contributed by atoms with E-state index in [1.807, 2.05) is 0 Å². The molecule has 5 nitrogen and oxygen atoms in total. The van der Waals surface area contributed by atoms with E-state index in [9.17, 15) is 4.79 Å². The molecule has 0 bridgehead atoms. The lowest BCUT2D eigenvalue weighted by Crippen LogP contribution is -2.30. The smallest absolute Gasteiger partial charge is 0.224 e. The van der Waals surface area contributed by atoms with Crippen molar-refractivity contribution in [1.82, 2.24) is 4.90 Å². The van der Waals surface area contributed by atoms with E-state index >= 15 is 0 Å². The van der Waals surface area contributed by atoms with Gasteiger partial charge in [0.25, 0.3) is 0 Å². The number of aliphatic hydroxyl groups is 1. The average molecular weight is 287 g/mol. The Morgan fingerprint density at radius 2 is 2.12 bits per heavy atom. The maximum absolute atomic E-state index is 11.5. The van der Waals surface area contributed by atoms with Gasteiger partial charge in [-0.2, -0.15) is 0 Å². The molecule has 3 unspecified atom stereocenters. The summed E-state index contributed by atoms with van der Waals surface area (Å²) in [4.78, 5) is 13.0. The summed E-state index contributed by atoms with van der Waals surface area (Å²) in [6.45, 7) is -0.0838. The molecule has 0 aliphatic rings. The highest BCUT2D eigenvalue weighted by Gasteiger charge is 2.20. The third-order valence-corrected chi connectivity index (χ3v) is 3.32. The Kier molecular flexibility index (Phi) is 10.0. The van der Waals surface area contributed by atoms with E-state index in [0.717, 1.165) is 0 Å². The van der Waals surface area contributed by atoms with Crippen LogP contribution in [0.5, 0.6) is 0 Å². The number of amides is 1. The number of carbonyl (C=O) groups is 1. The number of hydrogen-bond acceptors (Lipinski definition) is 4. The topological polar surface area (TPSA) is 59.0 Å². The van der Waals surface area contributed by atoms with Crippen molar-refractivity contribution < 1.29 is 18.9 Å². The van der Waals surface area contributed by atoms with Crippen molar-refractivity contribution in [3.8, 4) is 0 Å². The molecule has 0 fully saturated rings. The van der Waals surface area contributed by atoms with Gasteiger partial charge in [-0.1, -0.05) is 8.93 Å². The minimum Gasteiger partial charge on any atom is -0.394 e. The van der Waals surface area contributed by atoms with Gasteiger partial charge in [-0.25, -0.2) is 0 Å². The second-order valence-corrected chi connectivity index (χ2v) is 4.98. The molecule has 0 rings (SSSR count). The van der Waals surface area contributed by atoms with Crippen molar-refractivity contribution in [2.24, 2.45) is 0 Å². The van der Waals surface area contributed by atoms with Gasteiger partial charge in [0.05, 0.1) is 25.2 Å². The summed E-state index contributed by atoms with van der Waals surface area (Å²) in [6, 6.07) is 0. The third kappa shape index (κ3) is 7.06. The summed E-state index contributed by atoms with van der Waals surface area (Å²) < 4.78 is 10.4.